The highest BCUT2D eigenvalue weighted by molar-refractivity contribution is 6.33. The lowest BCUT2D eigenvalue weighted by atomic mass is 10.2. The summed E-state index contributed by atoms with van der Waals surface area (Å²) in [6.45, 7) is 0. The molecule has 0 bridgehead atoms. The van der Waals surface area contributed by atoms with E-state index in [9.17, 15) is 4.39 Å². The summed E-state index contributed by atoms with van der Waals surface area (Å²) in [5.74, 6) is 0.0329. The number of H-pyrrole nitrogens is 1. The van der Waals surface area contributed by atoms with Gasteiger partial charge in [0, 0.05) is 5.56 Å². The van der Waals surface area contributed by atoms with Crippen molar-refractivity contribution in [2.75, 3.05) is 0 Å². The first kappa shape index (κ1) is 12.4. The van der Waals surface area contributed by atoms with Crippen molar-refractivity contribution in [2.45, 2.75) is 0 Å². The molecule has 0 unspecified atom stereocenters. The highest BCUT2D eigenvalue weighted by Gasteiger charge is 2.14. The molecule has 0 spiro atoms. The van der Waals surface area contributed by atoms with Crippen LogP contribution in [0.1, 0.15) is 5.69 Å². The van der Waals surface area contributed by atoms with Crippen LogP contribution in [0.4, 0.5) is 4.39 Å². The fourth-order valence-electron chi connectivity index (χ4n) is 1.70. The van der Waals surface area contributed by atoms with Crippen LogP contribution in [0.15, 0.2) is 34.9 Å². The standard InChI is InChI=1S/C13H6ClFN4O/c14-10-5-7(15)1-3-9(10)12-18-13(20-19-12)11-4-2-8(6-16)17-11/h1-5,17H. The number of nitrogens with one attached hydrogen (secondary N) is 1. The van der Waals surface area contributed by atoms with Crippen LogP contribution in [0, 0.1) is 17.1 Å². The van der Waals surface area contributed by atoms with Crippen molar-refractivity contribution in [1.82, 2.24) is 15.1 Å². The molecule has 5 nitrogen and oxygen atoms in total. The fourth-order valence-corrected chi connectivity index (χ4v) is 1.95. The van der Waals surface area contributed by atoms with E-state index in [4.69, 9.17) is 21.4 Å². The maximum Gasteiger partial charge on any atom is 0.274 e. The van der Waals surface area contributed by atoms with Gasteiger partial charge in [-0.05, 0) is 30.3 Å². The van der Waals surface area contributed by atoms with Crippen molar-refractivity contribution in [3.05, 3.63) is 46.9 Å². The summed E-state index contributed by atoms with van der Waals surface area (Å²) in [7, 11) is 0. The third kappa shape index (κ3) is 2.15. The summed E-state index contributed by atoms with van der Waals surface area (Å²) in [5.41, 5.74) is 1.38. The van der Waals surface area contributed by atoms with E-state index in [1.807, 2.05) is 6.07 Å². The van der Waals surface area contributed by atoms with Crippen LogP contribution >= 0.6 is 11.6 Å². The Kier molecular flexibility index (Phi) is 2.97. The lowest BCUT2D eigenvalue weighted by Crippen LogP contribution is -1.84. The van der Waals surface area contributed by atoms with Crippen LogP contribution in [-0.4, -0.2) is 15.1 Å². The fraction of sp³-hybridized carbons (Fsp3) is 0. The number of halogens is 2. The zero-order valence-corrected chi connectivity index (χ0v) is 10.6. The Hall–Kier alpha value is -2.65. The highest BCUT2D eigenvalue weighted by Crippen LogP contribution is 2.28. The maximum absolute atomic E-state index is 13.0. The van der Waals surface area contributed by atoms with E-state index in [1.54, 1.807) is 12.1 Å². The van der Waals surface area contributed by atoms with Gasteiger partial charge in [-0.3, -0.25) is 0 Å². The first-order valence-electron chi connectivity index (χ1n) is 5.56. The Morgan fingerprint density at radius 1 is 1.30 bits per heavy atom. The lowest BCUT2D eigenvalue weighted by molar-refractivity contribution is 0.431. The van der Waals surface area contributed by atoms with Crippen molar-refractivity contribution >= 4 is 11.6 Å². The quantitative estimate of drug-likeness (QED) is 0.784. The topological polar surface area (TPSA) is 78.5 Å². The third-order valence-electron chi connectivity index (χ3n) is 2.63. The molecule has 20 heavy (non-hydrogen) atoms. The van der Waals surface area contributed by atoms with Gasteiger partial charge >= 0.3 is 0 Å². The van der Waals surface area contributed by atoms with Crippen LogP contribution in [0.2, 0.25) is 5.02 Å². The zero-order chi connectivity index (χ0) is 14.1. The summed E-state index contributed by atoms with van der Waals surface area (Å²) in [6, 6.07) is 9.13. The second-order valence-corrected chi connectivity index (χ2v) is 4.35. The van der Waals surface area contributed by atoms with E-state index < -0.39 is 5.82 Å². The Labute approximate surface area is 117 Å². The molecule has 1 N–H and O–H groups in total. The minimum Gasteiger partial charge on any atom is -0.342 e. The van der Waals surface area contributed by atoms with E-state index in [0.29, 0.717) is 17.0 Å². The van der Waals surface area contributed by atoms with E-state index in [1.165, 1.54) is 18.2 Å². The monoisotopic (exact) mass is 288 g/mol. The summed E-state index contributed by atoms with van der Waals surface area (Å²) in [6.07, 6.45) is 0. The number of hydrogen-bond donors (Lipinski definition) is 1. The van der Waals surface area contributed by atoms with Gasteiger partial charge in [-0.15, -0.1) is 0 Å². The van der Waals surface area contributed by atoms with E-state index >= 15 is 0 Å². The molecule has 0 aliphatic heterocycles. The number of nitriles is 1. The van der Waals surface area contributed by atoms with Crippen molar-refractivity contribution in [1.29, 1.82) is 5.26 Å². The van der Waals surface area contributed by atoms with Gasteiger partial charge in [-0.1, -0.05) is 16.8 Å². The molecule has 7 heteroatoms. The molecule has 0 aliphatic carbocycles. The first-order valence-corrected chi connectivity index (χ1v) is 5.94. The molecular weight excluding hydrogens is 283 g/mol. The van der Waals surface area contributed by atoms with Crippen LogP contribution < -0.4 is 0 Å². The number of benzene rings is 1. The maximum atomic E-state index is 13.0. The Bertz CT molecular complexity index is 818. The van der Waals surface area contributed by atoms with E-state index in [0.717, 1.165) is 0 Å². The van der Waals surface area contributed by atoms with Gasteiger partial charge in [0.25, 0.3) is 5.89 Å². The minimum absolute atomic E-state index is 0.196. The van der Waals surface area contributed by atoms with Gasteiger partial charge < -0.3 is 9.51 Å². The number of aromatic nitrogens is 3. The third-order valence-corrected chi connectivity index (χ3v) is 2.95. The molecule has 0 amide bonds. The van der Waals surface area contributed by atoms with Gasteiger partial charge in [0.2, 0.25) is 5.82 Å². The molecule has 0 fully saturated rings. The smallest absolute Gasteiger partial charge is 0.274 e. The number of hydrogen-bond acceptors (Lipinski definition) is 4. The normalized spacial score (nSPS) is 10.4. The summed E-state index contributed by atoms with van der Waals surface area (Å²) in [5, 5.41) is 12.7. The molecule has 98 valence electrons. The molecular formula is C13H6ClFN4O. The van der Waals surface area contributed by atoms with E-state index in [2.05, 4.69) is 15.1 Å². The van der Waals surface area contributed by atoms with Crippen LogP contribution in [0.5, 0.6) is 0 Å². The van der Waals surface area contributed by atoms with Crippen molar-refractivity contribution in [3.63, 3.8) is 0 Å². The molecule has 0 saturated carbocycles. The molecule has 0 atom stereocenters. The first-order chi connectivity index (χ1) is 9.67. The average Bonchev–Trinajstić information content (AvgIpc) is 3.07. The van der Waals surface area contributed by atoms with Crippen molar-refractivity contribution < 1.29 is 8.91 Å². The Morgan fingerprint density at radius 2 is 2.15 bits per heavy atom. The Morgan fingerprint density at radius 3 is 2.85 bits per heavy atom. The highest BCUT2D eigenvalue weighted by atomic mass is 35.5. The van der Waals surface area contributed by atoms with Gasteiger partial charge in [0.1, 0.15) is 23.3 Å². The predicted octanol–water partition coefficient (Wildman–Crippen LogP) is 3.40. The number of aromatic amines is 1. The largest absolute Gasteiger partial charge is 0.342 e. The van der Waals surface area contributed by atoms with Crippen LogP contribution in [0.3, 0.4) is 0 Å². The number of nitrogens with zero attached hydrogens (tertiary/aromatic N) is 3. The van der Waals surface area contributed by atoms with E-state index in [-0.39, 0.29) is 16.7 Å². The average molecular weight is 289 g/mol. The lowest BCUT2D eigenvalue weighted by Gasteiger charge is -1.97. The SMILES string of the molecule is N#Cc1ccc(-c2nc(-c3ccc(F)cc3Cl)no2)[nH]1. The minimum atomic E-state index is -0.439. The second-order valence-electron chi connectivity index (χ2n) is 3.94. The van der Waals surface area contributed by atoms with Crippen molar-refractivity contribution in [2.24, 2.45) is 0 Å². The predicted molar refractivity (Wildman–Crippen MR) is 69.2 cm³/mol. The van der Waals surface area contributed by atoms with Gasteiger partial charge in [-0.25, -0.2) is 4.39 Å². The van der Waals surface area contributed by atoms with Gasteiger partial charge in [0.15, 0.2) is 0 Å². The molecule has 3 rings (SSSR count). The zero-order valence-electron chi connectivity index (χ0n) is 9.89. The molecule has 1 aromatic carbocycles. The second kappa shape index (κ2) is 4.79. The summed E-state index contributed by atoms with van der Waals surface area (Å²) in [4.78, 5) is 6.98. The van der Waals surface area contributed by atoms with Crippen LogP contribution in [-0.2, 0) is 0 Å². The molecule has 2 aromatic heterocycles. The molecule has 0 aliphatic rings. The molecule has 2 heterocycles. The molecule has 0 saturated heterocycles. The van der Waals surface area contributed by atoms with Crippen LogP contribution in [0.25, 0.3) is 23.0 Å². The Balaban J connectivity index is 2.00. The van der Waals surface area contributed by atoms with Crippen molar-refractivity contribution in [3.8, 4) is 29.0 Å². The molecule has 3 aromatic rings. The number of rotatable bonds is 2. The summed E-state index contributed by atoms with van der Waals surface area (Å²) < 4.78 is 18.1. The molecule has 0 radical (unpaired) electrons. The summed E-state index contributed by atoms with van der Waals surface area (Å²) >= 11 is 5.93. The van der Waals surface area contributed by atoms with Gasteiger partial charge in [-0.2, -0.15) is 10.2 Å². The van der Waals surface area contributed by atoms with Gasteiger partial charge in [0.05, 0.1) is 5.02 Å².